The van der Waals surface area contributed by atoms with Crippen LogP contribution in [0.2, 0.25) is 0 Å². The summed E-state index contributed by atoms with van der Waals surface area (Å²) in [6, 6.07) is 5.28. The number of carbonyl (C=O) groups excluding carboxylic acids is 2. The highest BCUT2D eigenvalue weighted by atomic mass is 19.4. The standard InChI is InChI=1S/C20H18F3N3O5/c1-3-30-19(29)17-11(2)25-26-15(27)9-14(24-18(17)26)10-31-16(28)8-12-4-6-13(7-5-12)20(21,22)23/h4-7,9,25H,3,8,10H2,1-2H3. The minimum atomic E-state index is -4.46. The zero-order valence-electron chi connectivity index (χ0n) is 16.6. The summed E-state index contributed by atoms with van der Waals surface area (Å²) < 4.78 is 48.9. The Morgan fingerprint density at radius 3 is 2.45 bits per heavy atom. The molecule has 0 saturated heterocycles. The summed E-state index contributed by atoms with van der Waals surface area (Å²) in [5.74, 6) is -1.36. The van der Waals surface area contributed by atoms with Crippen LogP contribution in [0.25, 0.3) is 5.65 Å². The summed E-state index contributed by atoms with van der Waals surface area (Å²) in [6.07, 6.45) is -4.72. The lowest BCUT2D eigenvalue weighted by molar-refractivity contribution is -0.144. The third-order valence-electron chi connectivity index (χ3n) is 4.34. The van der Waals surface area contributed by atoms with Crippen molar-refractivity contribution >= 4 is 17.6 Å². The van der Waals surface area contributed by atoms with Gasteiger partial charge in [-0.1, -0.05) is 12.1 Å². The van der Waals surface area contributed by atoms with Crippen LogP contribution in [0.1, 0.15) is 39.8 Å². The predicted molar refractivity (Wildman–Crippen MR) is 101 cm³/mol. The van der Waals surface area contributed by atoms with Gasteiger partial charge in [0.25, 0.3) is 5.56 Å². The average molecular weight is 437 g/mol. The van der Waals surface area contributed by atoms with Crippen molar-refractivity contribution < 1.29 is 32.2 Å². The molecule has 0 aliphatic rings. The average Bonchev–Trinajstić information content (AvgIpc) is 3.03. The molecular weight excluding hydrogens is 419 g/mol. The highest BCUT2D eigenvalue weighted by molar-refractivity contribution is 5.97. The molecule has 1 N–H and O–H groups in total. The van der Waals surface area contributed by atoms with Crippen molar-refractivity contribution in [1.29, 1.82) is 0 Å². The van der Waals surface area contributed by atoms with Crippen molar-refractivity contribution in [2.75, 3.05) is 6.61 Å². The smallest absolute Gasteiger partial charge is 0.416 e. The first-order valence-corrected chi connectivity index (χ1v) is 9.20. The number of H-pyrrole nitrogens is 1. The molecule has 1 aromatic carbocycles. The monoisotopic (exact) mass is 437 g/mol. The van der Waals surface area contributed by atoms with E-state index in [2.05, 4.69) is 10.1 Å². The molecule has 3 aromatic rings. The fraction of sp³-hybridized carbons (Fsp3) is 0.300. The number of nitrogens with zero attached hydrogens (tertiary/aromatic N) is 2. The van der Waals surface area contributed by atoms with E-state index in [0.29, 0.717) is 11.3 Å². The Bertz CT molecular complexity index is 1180. The molecule has 0 saturated carbocycles. The number of fused-ring (bicyclic) bond motifs is 1. The van der Waals surface area contributed by atoms with Crippen LogP contribution in [0.5, 0.6) is 0 Å². The third kappa shape index (κ3) is 4.93. The van der Waals surface area contributed by atoms with Crippen LogP contribution in [0.3, 0.4) is 0 Å². The summed E-state index contributed by atoms with van der Waals surface area (Å²) in [5, 5.41) is 2.73. The van der Waals surface area contributed by atoms with E-state index < -0.39 is 29.2 Å². The molecule has 11 heteroatoms. The maximum Gasteiger partial charge on any atom is 0.416 e. The summed E-state index contributed by atoms with van der Waals surface area (Å²) in [7, 11) is 0. The number of benzene rings is 1. The van der Waals surface area contributed by atoms with E-state index in [0.717, 1.165) is 22.7 Å². The summed E-state index contributed by atoms with van der Waals surface area (Å²) in [6.45, 7) is 3.02. The quantitative estimate of drug-likeness (QED) is 0.595. The number of aryl methyl sites for hydroxylation is 1. The SMILES string of the molecule is CCOC(=O)c1c(C)[nH]n2c(=O)cc(COC(=O)Cc3ccc(C(F)(F)F)cc3)nc12. The van der Waals surface area contributed by atoms with E-state index in [1.165, 1.54) is 12.1 Å². The minimum Gasteiger partial charge on any atom is -0.462 e. The first kappa shape index (κ1) is 22.1. The molecule has 0 aliphatic heterocycles. The molecule has 8 nitrogen and oxygen atoms in total. The minimum absolute atomic E-state index is 0.0391. The van der Waals surface area contributed by atoms with Crippen molar-refractivity contribution in [3.8, 4) is 0 Å². The van der Waals surface area contributed by atoms with Crippen molar-refractivity contribution in [3.63, 3.8) is 0 Å². The zero-order chi connectivity index (χ0) is 22.8. The molecular formula is C20H18F3N3O5. The number of hydrogen-bond donors (Lipinski definition) is 1. The molecule has 3 rings (SSSR count). The van der Waals surface area contributed by atoms with Gasteiger partial charge in [-0.15, -0.1) is 0 Å². The Balaban J connectivity index is 1.73. The van der Waals surface area contributed by atoms with Crippen LogP contribution in [-0.2, 0) is 33.5 Å². The van der Waals surface area contributed by atoms with Gasteiger partial charge in [-0.25, -0.2) is 14.3 Å². The zero-order valence-corrected chi connectivity index (χ0v) is 16.6. The van der Waals surface area contributed by atoms with Crippen LogP contribution >= 0.6 is 0 Å². The maximum absolute atomic E-state index is 12.6. The number of esters is 2. The second-order valence-corrected chi connectivity index (χ2v) is 6.61. The molecule has 0 atom stereocenters. The third-order valence-corrected chi connectivity index (χ3v) is 4.34. The van der Waals surface area contributed by atoms with Crippen LogP contribution in [0.4, 0.5) is 13.2 Å². The molecule has 0 bridgehead atoms. The number of aromatic nitrogens is 3. The van der Waals surface area contributed by atoms with Crippen molar-refractivity contribution in [3.05, 3.63) is 68.8 Å². The maximum atomic E-state index is 12.6. The van der Waals surface area contributed by atoms with Gasteiger partial charge >= 0.3 is 18.1 Å². The van der Waals surface area contributed by atoms with E-state index in [1.54, 1.807) is 13.8 Å². The van der Waals surface area contributed by atoms with Gasteiger partial charge in [-0.2, -0.15) is 13.2 Å². The molecule has 31 heavy (non-hydrogen) atoms. The van der Waals surface area contributed by atoms with Crippen LogP contribution in [-0.4, -0.2) is 33.1 Å². The Hall–Kier alpha value is -3.63. The first-order chi connectivity index (χ1) is 14.6. The largest absolute Gasteiger partial charge is 0.462 e. The fourth-order valence-corrected chi connectivity index (χ4v) is 2.90. The first-order valence-electron chi connectivity index (χ1n) is 9.20. The molecule has 0 spiro atoms. The number of nitrogens with one attached hydrogen (secondary N) is 1. The summed E-state index contributed by atoms with van der Waals surface area (Å²) >= 11 is 0. The van der Waals surface area contributed by atoms with E-state index >= 15 is 0 Å². The second-order valence-electron chi connectivity index (χ2n) is 6.61. The van der Waals surface area contributed by atoms with Gasteiger partial charge in [-0.3, -0.25) is 14.7 Å². The topological polar surface area (TPSA) is 103 Å². The molecule has 2 heterocycles. The van der Waals surface area contributed by atoms with E-state index in [9.17, 15) is 27.6 Å². The van der Waals surface area contributed by atoms with Gasteiger partial charge in [0, 0.05) is 11.8 Å². The van der Waals surface area contributed by atoms with Gasteiger partial charge in [0.2, 0.25) is 0 Å². The van der Waals surface area contributed by atoms with E-state index in [4.69, 9.17) is 9.47 Å². The number of rotatable bonds is 6. The lowest BCUT2D eigenvalue weighted by Gasteiger charge is -2.08. The Morgan fingerprint density at radius 2 is 1.84 bits per heavy atom. The lowest BCUT2D eigenvalue weighted by Crippen LogP contribution is -2.18. The number of alkyl halides is 3. The fourth-order valence-electron chi connectivity index (χ4n) is 2.90. The number of halogens is 3. The Labute approximate surface area is 173 Å². The van der Waals surface area contributed by atoms with Crippen LogP contribution in [0.15, 0.2) is 35.1 Å². The Kier molecular flexibility index (Phi) is 6.14. The van der Waals surface area contributed by atoms with Crippen LogP contribution < -0.4 is 5.56 Å². The number of ether oxygens (including phenoxy) is 2. The predicted octanol–water partition coefficient (Wildman–Crippen LogP) is 2.81. The van der Waals surface area contributed by atoms with Gasteiger partial charge < -0.3 is 9.47 Å². The van der Waals surface area contributed by atoms with Crippen molar-refractivity contribution in [2.24, 2.45) is 0 Å². The van der Waals surface area contributed by atoms with Gasteiger partial charge in [-0.05, 0) is 31.5 Å². The van der Waals surface area contributed by atoms with Gasteiger partial charge in [0.1, 0.15) is 12.2 Å². The summed E-state index contributed by atoms with van der Waals surface area (Å²) in [4.78, 5) is 40.7. The highest BCUT2D eigenvalue weighted by Crippen LogP contribution is 2.29. The molecule has 0 aliphatic carbocycles. The summed E-state index contributed by atoms with van der Waals surface area (Å²) in [5.41, 5.74) is -0.365. The number of carbonyl (C=O) groups is 2. The lowest BCUT2D eigenvalue weighted by atomic mass is 10.1. The molecule has 2 aromatic heterocycles. The highest BCUT2D eigenvalue weighted by Gasteiger charge is 2.30. The molecule has 0 fully saturated rings. The number of hydrogen-bond acceptors (Lipinski definition) is 6. The second kappa shape index (κ2) is 8.62. The number of aromatic amines is 1. The van der Waals surface area contributed by atoms with Crippen molar-refractivity contribution in [1.82, 2.24) is 14.6 Å². The molecule has 0 amide bonds. The molecule has 0 unspecified atom stereocenters. The van der Waals surface area contributed by atoms with Crippen molar-refractivity contribution in [2.45, 2.75) is 33.1 Å². The van der Waals surface area contributed by atoms with Crippen LogP contribution in [0, 0.1) is 6.92 Å². The Morgan fingerprint density at radius 1 is 1.16 bits per heavy atom. The molecule has 164 valence electrons. The van der Waals surface area contributed by atoms with E-state index in [-0.39, 0.29) is 36.5 Å². The van der Waals surface area contributed by atoms with Gasteiger partial charge in [0.15, 0.2) is 5.65 Å². The van der Waals surface area contributed by atoms with E-state index in [1.807, 2.05) is 0 Å². The normalized spacial score (nSPS) is 11.5. The van der Waals surface area contributed by atoms with Gasteiger partial charge in [0.05, 0.1) is 24.3 Å². The molecule has 0 radical (unpaired) electrons.